The van der Waals surface area contributed by atoms with Crippen molar-refractivity contribution in [1.82, 2.24) is 19.8 Å². The van der Waals surface area contributed by atoms with E-state index in [-0.39, 0.29) is 35.1 Å². The lowest BCUT2D eigenvalue weighted by Crippen LogP contribution is -2.52. The molecule has 1 unspecified atom stereocenters. The summed E-state index contributed by atoms with van der Waals surface area (Å²) in [6, 6.07) is 11.7. The molecule has 34 heavy (non-hydrogen) atoms. The van der Waals surface area contributed by atoms with E-state index in [4.69, 9.17) is 9.78 Å². The van der Waals surface area contributed by atoms with Crippen molar-refractivity contribution in [2.75, 3.05) is 25.4 Å². The summed E-state index contributed by atoms with van der Waals surface area (Å²) in [7, 11) is -3.49. The Balaban J connectivity index is 1.34. The number of nitrogens with one attached hydrogen (secondary N) is 1. The molecule has 176 valence electrons. The Morgan fingerprint density at radius 1 is 1.26 bits per heavy atom. The SMILES string of the molecule is N#Cc1cc(-c2nc(-c3cccc4c3CCC4NS(=O)(=O)CCN3CC(O)C3)no2)ccc1O. The first kappa shape index (κ1) is 22.5. The molecule has 1 aliphatic heterocycles. The lowest BCUT2D eigenvalue weighted by molar-refractivity contribution is 0.00619. The minimum absolute atomic E-state index is 0.0171. The number of hydrogen-bond donors (Lipinski definition) is 3. The van der Waals surface area contributed by atoms with Crippen LogP contribution in [-0.2, 0) is 16.4 Å². The summed E-state index contributed by atoms with van der Waals surface area (Å²) in [4.78, 5) is 6.38. The van der Waals surface area contributed by atoms with Crippen molar-refractivity contribution in [3.8, 4) is 34.7 Å². The number of hydrogen-bond acceptors (Lipinski definition) is 9. The maximum atomic E-state index is 12.6. The van der Waals surface area contributed by atoms with E-state index < -0.39 is 10.0 Å². The molecule has 1 fully saturated rings. The first-order chi connectivity index (χ1) is 16.3. The maximum Gasteiger partial charge on any atom is 0.258 e. The maximum absolute atomic E-state index is 12.6. The van der Waals surface area contributed by atoms with Gasteiger partial charge in [0.15, 0.2) is 0 Å². The van der Waals surface area contributed by atoms with E-state index in [0.717, 1.165) is 16.7 Å². The Bertz CT molecular complexity index is 1370. The molecule has 2 aliphatic rings. The van der Waals surface area contributed by atoms with Crippen LogP contribution in [0.1, 0.15) is 29.2 Å². The summed E-state index contributed by atoms with van der Waals surface area (Å²) >= 11 is 0. The van der Waals surface area contributed by atoms with Gasteiger partial charge in [0.25, 0.3) is 5.89 Å². The lowest BCUT2D eigenvalue weighted by atomic mass is 10.0. The number of nitriles is 1. The van der Waals surface area contributed by atoms with E-state index in [0.29, 0.717) is 43.9 Å². The zero-order chi connectivity index (χ0) is 23.9. The van der Waals surface area contributed by atoms with Gasteiger partial charge in [-0.15, -0.1) is 0 Å². The summed E-state index contributed by atoms with van der Waals surface area (Å²) < 4.78 is 33.5. The molecule has 11 heteroatoms. The molecule has 1 saturated heterocycles. The van der Waals surface area contributed by atoms with Gasteiger partial charge >= 0.3 is 0 Å². The number of aromatic nitrogens is 2. The zero-order valence-corrected chi connectivity index (χ0v) is 19.0. The van der Waals surface area contributed by atoms with Crippen molar-refractivity contribution in [2.45, 2.75) is 25.0 Å². The standard InChI is InChI=1S/C23H23N5O5S/c24-11-15-10-14(4-7-21(15)30)23-25-22(26-33-23)19-3-1-2-18-17(19)5-6-20(18)27-34(31,32)9-8-28-12-16(29)13-28/h1-4,7,10,16,20,27,29-30H,5-6,8-9,12-13H2. The van der Waals surface area contributed by atoms with Crippen LogP contribution in [0.25, 0.3) is 22.8 Å². The average Bonchev–Trinajstić information content (AvgIpc) is 3.44. The molecule has 1 aromatic heterocycles. The van der Waals surface area contributed by atoms with E-state index in [1.807, 2.05) is 29.2 Å². The first-order valence-corrected chi connectivity index (χ1v) is 12.6. The highest BCUT2D eigenvalue weighted by atomic mass is 32.2. The second kappa shape index (κ2) is 8.81. The Morgan fingerprint density at radius 2 is 2.09 bits per heavy atom. The lowest BCUT2D eigenvalue weighted by Gasteiger charge is -2.35. The third kappa shape index (κ3) is 4.41. The van der Waals surface area contributed by atoms with Crippen LogP contribution < -0.4 is 4.72 Å². The fourth-order valence-corrected chi connectivity index (χ4v) is 5.74. The van der Waals surface area contributed by atoms with Gasteiger partial charge in [-0.2, -0.15) is 10.2 Å². The molecule has 3 aromatic rings. The Labute approximate surface area is 196 Å². The first-order valence-electron chi connectivity index (χ1n) is 10.9. The normalized spacial score (nSPS) is 18.4. The fourth-order valence-electron chi connectivity index (χ4n) is 4.45. The van der Waals surface area contributed by atoms with E-state index in [9.17, 15) is 18.6 Å². The number of rotatable bonds is 7. The van der Waals surface area contributed by atoms with E-state index in [1.165, 1.54) is 12.1 Å². The highest BCUT2D eigenvalue weighted by molar-refractivity contribution is 7.89. The molecule has 10 nitrogen and oxygen atoms in total. The molecule has 0 radical (unpaired) electrons. The van der Waals surface area contributed by atoms with Crippen molar-refractivity contribution in [3.63, 3.8) is 0 Å². The number of fused-ring (bicyclic) bond motifs is 1. The van der Waals surface area contributed by atoms with Gasteiger partial charge in [0.2, 0.25) is 15.8 Å². The van der Waals surface area contributed by atoms with Crippen molar-refractivity contribution in [2.24, 2.45) is 0 Å². The third-order valence-corrected chi connectivity index (χ3v) is 7.60. The molecular formula is C23H23N5O5S. The van der Waals surface area contributed by atoms with Crippen molar-refractivity contribution in [3.05, 3.63) is 53.1 Å². The van der Waals surface area contributed by atoms with Crippen LogP contribution >= 0.6 is 0 Å². The summed E-state index contributed by atoms with van der Waals surface area (Å²) in [5.41, 5.74) is 3.25. The number of sulfonamides is 1. The predicted molar refractivity (Wildman–Crippen MR) is 122 cm³/mol. The number of nitrogens with zero attached hydrogens (tertiary/aromatic N) is 4. The van der Waals surface area contributed by atoms with Crippen molar-refractivity contribution < 1.29 is 23.2 Å². The fraction of sp³-hybridized carbons (Fsp3) is 0.348. The molecule has 0 bridgehead atoms. The molecule has 0 saturated carbocycles. The van der Waals surface area contributed by atoms with Crippen LogP contribution in [0.2, 0.25) is 0 Å². The van der Waals surface area contributed by atoms with Gasteiger partial charge in [-0.1, -0.05) is 23.4 Å². The van der Waals surface area contributed by atoms with E-state index >= 15 is 0 Å². The third-order valence-electron chi connectivity index (χ3n) is 6.24. The molecule has 3 N–H and O–H groups in total. The number of β-amino-alcohol motifs (C(OH)–C–C–N with tert-alkyl or cyclic N) is 1. The molecule has 0 amide bonds. The number of likely N-dealkylation sites (tertiary alicyclic amines) is 1. The number of aromatic hydroxyl groups is 1. The smallest absolute Gasteiger partial charge is 0.258 e. The largest absolute Gasteiger partial charge is 0.507 e. The van der Waals surface area contributed by atoms with Gasteiger partial charge in [0.1, 0.15) is 11.8 Å². The van der Waals surface area contributed by atoms with Crippen LogP contribution in [0.3, 0.4) is 0 Å². The number of aliphatic hydroxyl groups is 1. The van der Waals surface area contributed by atoms with E-state index in [1.54, 1.807) is 6.07 Å². The molecule has 1 aliphatic carbocycles. The van der Waals surface area contributed by atoms with Crippen LogP contribution in [-0.4, -0.2) is 65.2 Å². The minimum atomic E-state index is -3.49. The van der Waals surface area contributed by atoms with Gasteiger partial charge in [-0.05, 0) is 42.2 Å². The summed E-state index contributed by atoms with van der Waals surface area (Å²) in [5, 5.41) is 32.3. The average molecular weight is 482 g/mol. The van der Waals surface area contributed by atoms with Crippen LogP contribution in [0, 0.1) is 11.3 Å². The summed E-state index contributed by atoms with van der Waals surface area (Å²) in [6.45, 7) is 1.42. The highest BCUT2D eigenvalue weighted by Crippen LogP contribution is 2.38. The second-order valence-electron chi connectivity index (χ2n) is 8.58. The van der Waals surface area contributed by atoms with Crippen LogP contribution in [0.4, 0.5) is 0 Å². The number of phenols is 1. The quantitative estimate of drug-likeness (QED) is 0.456. The topological polar surface area (TPSA) is 153 Å². The zero-order valence-electron chi connectivity index (χ0n) is 18.2. The molecule has 1 atom stereocenters. The highest BCUT2D eigenvalue weighted by Gasteiger charge is 2.31. The number of aliphatic hydroxyl groups excluding tert-OH is 1. The van der Waals surface area contributed by atoms with Crippen LogP contribution in [0.15, 0.2) is 40.9 Å². The van der Waals surface area contributed by atoms with Crippen molar-refractivity contribution in [1.29, 1.82) is 5.26 Å². The van der Waals surface area contributed by atoms with Gasteiger partial charge in [-0.25, -0.2) is 13.1 Å². The van der Waals surface area contributed by atoms with Crippen molar-refractivity contribution >= 4 is 10.0 Å². The number of benzene rings is 2. The second-order valence-corrected chi connectivity index (χ2v) is 10.5. The molecule has 5 rings (SSSR count). The monoisotopic (exact) mass is 481 g/mol. The predicted octanol–water partition coefficient (Wildman–Crippen LogP) is 1.56. The van der Waals surface area contributed by atoms with Gasteiger partial charge < -0.3 is 14.7 Å². The molecular weight excluding hydrogens is 458 g/mol. The van der Waals surface area contributed by atoms with Gasteiger partial charge in [0.05, 0.1) is 17.4 Å². The summed E-state index contributed by atoms with van der Waals surface area (Å²) in [5.74, 6) is 0.452. The number of phenolic OH excluding ortho intramolecular Hbond substituents is 1. The Morgan fingerprint density at radius 3 is 2.85 bits per heavy atom. The minimum Gasteiger partial charge on any atom is -0.507 e. The Kier molecular flexibility index (Phi) is 5.83. The molecule has 2 heterocycles. The van der Waals surface area contributed by atoms with Gasteiger partial charge in [-0.3, -0.25) is 4.90 Å². The van der Waals surface area contributed by atoms with Crippen LogP contribution in [0.5, 0.6) is 5.75 Å². The molecule has 2 aromatic carbocycles. The summed E-state index contributed by atoms with van der Waals surface area (Å²) in [6.07, 6.45) is 0.935. The Hall–Kier alpha value is -3.30. The van der Waals surface area contributed by atoms with Gasteiger partial charge in [0, 0.05) is 36.8 Å². The molecule has 0 spiro atoms. The van der Waals surface area contributed by atoms with E-state index in [2.05, 4.69) is 14.9 Å².